The van der Waals surface area contributed by atoms with Gasteiger partial charge in [-0.25, -0.2) is 0 Å². The molecule has 0 amide bonds. The average molecular weight is 528 g/mol. The van der Waals surface area contributed by atoms with Crippen LogP contribution in [-0.2, 0) is 0 Å². The Kier molecular flexibility index (Phi) is 8.85. The normalized spacial score (nSPS) is 11.6. The van der Waals surface area contributed by atoms with Crippen molar-refractivity contribution in [1.29, 1.82) is 0 Å². The van der Waals surface area contributed by atoms with Gasteiger partial charge in [0.15, 0.2) is 0 Å². The van der Waals surface area contributed by atoms with E-state index in [2.05, 4.69) is 118 Å². The largest absolute Gasteiger partial charge is 0.125 e. The summed E-state index contributed by atoms with van der Waals surface area (Å²) in [4.78, 5) is 1.34. The van der Waals surface area contributed by atoms with Gasteiger partial charge in [0.05, 0.1) is 0 Å². The fourth-order valence-corrected chi connectivity index (χ4v) is 4.98. The third-order valence-corrected chi connectivity index (χ3v) is 7.21. The molecule has 0 saturated heterocycles. The first-order valence-electron chi connectivity index (χ1n) is 9.80. The minimum atomic E-state index is 1.11. The van der Waals surface area contributed by atoms with Crippen molar-refractivity contribution in [3.63, 3.8) is 0 Å². The van der Waals surface area contributed by atoms with E-state index in [0.717, 1.165) is 14.7 Å². The van der Waals surface area contributed by atoms with Crippen LogP contribution in [0.4, 0.5) is 0 Å². The summed E-state index contributed by atoms with van der Waals surface area (Å²) < 4.78 is 2.22. The van der Waals surface area contributed by atoms with Crippen LogP contribution in [0.25, 0.3) is 24.3 Å². The van der Waals surface area contributed by atoms with Crippen LogP contribution >= 0.6 is 43.6 Å². The molecule has 0 aliphatic rings. The van der Waals surface area contributed by atoms with Crippen molar-refractivity contribution >= 4 is 67.9 Å². The molecule has 3 heteroatoms. The van der Waals surface area contributed by atoms with Crippen molar-refractivity contribution in [2.24, 2.45) is 0 Å². The van der Waals surface area contributed by atoms with E-state index < -0.39 is 0 Å². The molecule has 148 valence electrons. The predicted octanol–water partition coefficient (Wildman–Crippen LogP) is 9.44. The number of thioether (sulfide) groups is 1. The summed E-state index contributed by atoms with van der Waals surface area (Å²) in [7, 11) is 0. The summed E-state index contributed by atoms with van der Waals surface area (Å²) in [5, 5.41) is 0. The Morgan fingerprint density at radius 3 is 1.59 bits per heavy atom. The molecule has 0 heterocycles. The van der Waals surface area contributed by atoms with Crippen molar-refractivity contribution in [3.8, 4) is 0 Å². The number of benzene rings is 3. The van der Waals surface area contributed by atoms with Crippen LogP contribution in [0, 0.1) is 0 Å². The van der Waals surface area contributed by atoms with E-state index >= 15 is 0 Å². The number of hydrogen-bond acceptors (Lipinski definition) is 1. The molecule has 0 saturated carbocycles. The number of rotatable bonds is 8. The topological polar surface area (TPSA) is 0 Å². The quantitative estimate of drug-likeness (QED) is 0.159. The van der Waals surface area contributed by atoms with Gasteiger partial charge in [-0.3, -0.25) is 0 Å². The molecule has 0 aliphatic carbocycles. The zero-order valence-electron chi connectivity index (χ0n) is 16.4. The summed E-state index contributed by atoms with van der Waals surface area (Å²) in [5.41, 5.74) is 4.89. The first-order valence-corrected chi connectivity index (χ1v) is 12.4. The van der Waals surface area contributed by atoms with Crippen molar-refractivity contribution in [2.75, 3.05) is 5.75 Å². The third kappa shape index (κ3) is 6.47. The van der Waals surface area contributed by atoms with Gasteiger partial charge in [0.1, 0.15) is 0 Å². The van der Waals surface area contributed by atoms with Crippen molar-refractivity contribution < 1.29 is 0 Å². The van der Waals surface area contributed by atoms with Crippen LogP contribution in [0.5, 0.6) is 0 Å². The highest BCUT2D eigenvalue weighted by molar-refractivity contribution is 9.10. The van der Waals surface area contributed by atoms with E-state index in [0.29, 0.717) is 0 Å². The van der Waals surface area contributed by atoms with Gasteiger partial charge in [-0.2, -0.15) is 0 Å². The van der Waals surface area contributed by atoms with E-state index in [1.165, 1.54) is 40.0 Å². The van der Waals surface area contributed by atoms with Gasteiger partial charge in [-0.15, -0.1) is 11.8 Å². The first kappa shape index (κ1) is 22.1. The lowest BCUT2D eigenvalue weighted by Gasteiger charge is -2.10. The molecule has 29 heavy (non-hydrogen) atoms. The van der Waals surface area contributed by atoms with Crippen molar-refractivity contribution in [3.05, 3.63) is 97.9 Å². The number of unbranched alkanes of at least 4 members (excludes halogenated alkanes) is 1. The van der Waals surface area contributed by atoms with Crippen LogP contribution in [-0.4, -0.2) is 5.75 Å². The lowest BCUT2D eigenvalue weighted by Crippen LogP contribution is -1.88. The van der Waals surface area contributed by atoms with Crippen LogP contribution in [0.15, 0.2) is 80.6 Å². The van der Waals surface area contributed by atoms with Gasteiger partial charge in [0, 0.05) is 13.8 Å². The summed E-state index contributed by atoms with van der Waals surface area (Å²) in [6, 6.07) is 23.2. The van der Waals surface area contributed by atoms with Gasteiger partial charge in [0.25, 0.3) is 0 Å². The maximum atomic E-state index is 3.64. The predicted molar refractivity (Wildman–Crippen MR) is 138 cm³/mol. The van der Waals surface area contributed by atoms with Gasteiger partial charge in [-0.05, 0) is 46.6 Å². The van der Waals surface area contributed by atoms with Crippen LogP contribution in [0.2, 0.25) is 0 Å². The molecule has 0 aromatic heterocycles. The summed E-state index contributed by atoms with van der Waals surface area (Å²) in [6.45, 7) is 2.24. The molecule has 3 rings (SSSR count). The monoisotopic (exact) mass is 526 g/mol. The summed E-state index contributed by atoms with van der Waals surface area (Å²) in [5.74, 6) is 1.13. The fourth-order valence-electron chi connectivity index (χ4n) is 2.90. The van der Waals surface area contributed by atoms with E-state index in [1.54, 1.807) is 0 Å². The smallest absolute Gasteiger partial charge is 0.0247 e. The molecule has 3 aromatic rings. The summed E-state index contributed by atoms with van der Waals surface area (Å²) in [6.07, 6.45) is 11.3. The molecule has 3 aromatic carbocycles. The molecule has 0 nitrogen and oxygen atoms in total. The van der Waals surface area contributed by atoms with Gasteiger partial charge < -0.3 is 0 Å². The second-order valence-electron chi connectivity index (χ2n) is 6.68. The maximum absolute atomic E-state index is 3.64. The Bertz CT molecular complexity index is 931. The number of hydrogen-bond donors (Lipinski definition) is 0. The molecule has 0 bridgehead atoms. The van der Waals surface area contributed by atoms with Crippen LogP contribution in [0.1, 0.15) is 42.0 Å². The molecule has 0 aliphatic heterocycles. The van der Waals surface area contributed by atoms with Gasteiger partial charge in [-0.1, -0.05) is 124 Å². The van der Waals surface area contributed by atoms with Crippen LogP contribution in [0.3, 0.4) is 0 Å². The minimum Gasteiger partial charge on any atom is -0.125 e. The zero-order chi connectivity index (χ0) is 20.5. The highest BCUT2D eigenvalue weighted by atomic mass is 79.9. The lowest BCUT2D eigenvalue weighted by atomic mass is 10.1. The van der Waals surface area contributed by atoms with E-state index in [1.807, 2.05) is 23.9 Å². The molecular weight excluding hydrogens is 504 g/mol. The van der Waals surface area contributed by atoms with Crippen molar-refractivity contribution in [1.82, 2.24) is 0 Å². The highest BCUT2D eigenvalue weighted by Crippen LogP contribution is 2.32. The molecule has 0 radical (unpaired) electrons. The average Bonchev–Trinajstić information content (AvgIpc) is 2.74. The highest BCUT2D eigenvalue weighted by Gasteiger charge is 2.06. The van der Waals surface area contributed by atoms with Crippen molar-refractivity contribution in [2.45, 2.75) is 24.7 Å². The number of halogens is 2. The van der Waals surface area contributed by atoms with E-state index in [9.17, 15) is 0 Å². The molecule has 0 fully saturated rings. The Labute approximate surface area is 195 Å². The molecule has 0 unspecified atom stereocenters. The van der Waals surface area contributed by atoms with Gasteiger partial charge in [0.2, 0.25) is 0 Å². The van der Waals surface area contributed by atoms with E-state index in [4.69, 9.17) is 0 Å². The Hall–Kier alpha value is -1.55. The molecule has 0 atom stereocenters. The Morgan fingerprint density at radius 1 is 0.655 bits per heavy atom. The second kappa shape index (κ2) is 11.6. The van der Waals surface area contributed by atoms with E-state index in [-0.39, 0.29) is 0 Å². The lowest BCUT2D eigenvalue weighted by molar-refractivity contribution is 0.896. The molecule has 0 N–H and O–H groups in total. The standard InChI is InChI=1S/C26H24Br2S/c1-2-3-19-29-26-22(17-15-20-9-4-6-13-24(20)27)11-8-12-23(26)18-16-21-10-5-7-14-25(21)28/h4-18H,2-3,19H2,1H3/b17-15+,18-16+. The Balaban J connectivity index is 1.94. The maximum Gasteiger partial charge on any atom is 0.0247 e. The van der Waals surface area contributed by atoms with Crippen LogP contribution < -0.4 is 0 Å². The Morgan fingerprint density at radius 2 is 1.10 bits per heavy atom. The SMILES string of the molecule is CCCCSc1c(/C=C/c2ccccc2Br)cccc1/C=C/c1ccccc1Br. The fraction of sp³-hybridized carbons (Fsp3) is 0.154. The minimum absolute atomic E-state index is 1.11. The zero-order valence-corrected chi connectivity index (χ0v) is 20.4. The first-order chi connectivity index (χ1) is 14.2. The molecular formula is C26H24Br2S. The summed E-state index contributed by atoms with van der Waals surface area (Å²) >= 11 is 9.23. The second-order valence-corrected chi connectivity index (χ2v) is 9.49. The third-order valence-electron chi connectivity index (χ3n) is 4.52. The molecule has 0 spiro atoms. The van der Waals surface area contributed by atoms with Gasteiger partial charge >= 0.3 is 0 Å².